The summed E-state index contributed by atoms with van der Waals surface area (Å²) in [5.74, 6) is 0. The van der Waals surface area contributed by atoms with E-state index in [1.54, 1.807) is 24.3 Å². The van der Waals surface area contributed by atoms with Crippen molar-refractivity contribution in [2.24, 2.45) is 10.3 Å². The third-order valence-electron chi connectivity index (χ3n) is 1.44. The summed E-state index contributed by atoms with van der Waals surface area (Å²) >= 11 is 0. The monoisotopic (exact) mass is 164 g/mol. The van der Waals surface area contributed by atoms with Gasteiger partial charge in [-0.15, -0.1) is 0 Å². The van der Waals surface area contributed by atoms with Crippen LogP contribution in [-0.4, -0.2) is 17.5 Å². The van der Waals surface area contributed by atoms with Gasteiger partial charge in [0.05, 0.1) is 0 Å². The summed E-state index contributed by atoms with van der Waals surface area (Å²) in [5.41, 5.74) is 0.991. The second-order valence-corrected chi connectivity index (χ2v) is 2.20. The highest BCUT2D eigenvalue weighted by molar-refractivity contribution is 6.01. The van der Waals surface area contributed by atoms with Crippen molar-refractivity contribution in [3.63, 3.8) is 0 Å². The topological polar surface area (TPSA) is 62.0 Å². The molecule has 0 aliphatic heterocycles. The van der Waals surface area contributed by atoms with E-state index in [2.05, 4.69) is 10.3 Å². The molecule has 1 aromatic carbocycles. The number of hydrogen-bond acceptors (Lipinski definition) is 4. The van der Waals surface area contributed by atoms with Gasteiger partial charge in [-0.2, -0.15) is 4.91 Å². The summed E-state index contributed by atoms with van der Waals surface area (Å²) in [4.78, 5) is 9.91. The van der Waals surface area contributed by atoms with Crippen LogP contribution in [0.5, 0.6) is 0 Å². The summed E-state index contributed by atoms with van der Waals surface area (Å²) in [5, 5.41) is 14.1. The standard InChI is InChI=1S/C8H8N2O2/c11-9-6-8(10-12)7-4-2-1-3-5-7/h1-5,12H,6H2/b10-8+. The van der Waals surface area contributed by atoms with Crippen LogP contribution in [0, 0.1) is 4.91 Å². The van der Waals surface area contributed by atoms with Crippen LogP contribution in [0.25, 0.3) is 0 Å². The third kappa shape index (κ3) is 1.88. The van der Waals surface area contributed by atoms with Gasteiger partial charge < -0.3 is 5.21 Å². The number of rotatable bonds is 3. The molecule has 0 atom stereocenters. The maximum absolute atomic E-state index is 9.91. The second kappa shape index (κ2) is 4.23. The molecular formula is C8H8N2O2. The molecule has 0 radical (unpaired) electrons. The van der Waals surface area contributed by atoms with Crippen molar-refractivity contribution >= 4 is 5.71 Å². The average Bonchev–Trinajstić information content (AvgIpc) is 2.15. The van der Waals surface area contributed by atoms with Gasteiger partial charge in [-0.1, -0.05) is 40.7 Å². The highest BCUT2D eigenvalue weighted by Crippen LogP contribution is 2.00. The van der Waals surface area contributed by atoms with Gasteiger partial charge in [0.15, 0.2) is 0 Å². The Hall–Kier alpha value is -1.71. The summed E-state index contributed by atoms with van der Waals surface area (Å²) in [6, 6.07) is 8.93. The molecule has 0 heterocycles. The number of nitroso groups, excluding NO2 is 1. The number of oxime groups is 1. The minimum absolute atomic E-state index is 0.111. The largest absolute Gasteiger partial charge is 0.411 e. The van der Waals surface area contributed by atoms with E-state index in [0.717, 1.165) is 0 Å². The van der Waals surface area contributed by atoms with Gasteiger partial charge in [0.1, 0.15) is 12.3 Å². The smallest absolute Gasteiger partial charge is 0.127 e. The maximum atomic E-state index is 9.91. The van der Waals surface area contributed by atoms with Gasteiger partial charge in [0.25, 0.3) is 0 Å². The predicted molar refractivity (Wildman–Crippen MR) is 45.4 cm³/mol. The molecule has 0 saturated heterocycles. The van der Waals surface area contributed by atoms with Crippen LogP contribution in [0.2, 0.25) is 0 Å². The molecule has 1 rings (SSSR count). The minimum atomic E-state index is -0.111. The van der Waals surface area contributed by atoms with Gasteiger partial charge in [0.2, 0.25) is 0 Å². The van der Waals surface area contributed by atoms with Crippen LogP contribution in [0.4, 0.5) is 0 Å². The molecule has 0 aliphatic carbocycles. The zero-order valence-corrected chi connectivity index (χ0v) is 6.34. The van der Waals surface area contributed by atoms with Crippen molar-refractivity contribution in [2.45, 2.75) is 0 Å². The lowest BCUT2D eigenvalue weighted by molar-refractivity contribution is 0.318. The predicted octanol–water partition coefficient (Wildman–Crippen LogP) is 1.63. The van der Waals surface area contributed by atoms with Crippen LogP contribution in [0.3, 0.4) is 0 Å². The molecule has 0 fully saturated rings. The first-order valence-electron chi connectivity index (χ1n) is 3.44. The van der Waals surface area contributed by atoms with Crippen molar-refractivity contribution < 1.29 is 5.21 Å². The van der Waals surface area contributed by atoms with Crippen LogP contribution in [0.1, 0.15) is 5.56 Å². The Kier molecular flexibility index (Phi) is 2.95. The Balaban J connectivity index is 2.88. The van der Waals surface area contributed by atoms with E-state index >= 15 is 0 Å². The van der Waals surface area contributed by atoms with Crippen LogP contribution in [0.15, 0.2) is 40.7 Å². The van der Waals surface area contributed by atoms with Crippen molar-refractivity contribution in [1.29, 1.82) is 0 Å². The fourth-order valence-corrected chi connectivity index (χ4v) is 0.872. The number of benzene rings is 1. The second-order valence-electron chi connectivity index (χ2n) is 2.20. The number of nitrogens with zero attached hydrogens (tertiary/aromatic N) is 2. The van der Waals surface area contributed by atoms with Crippen LogP contribution >= 0.6 is 0 Å². The first kappa shape index (κ1) is 8.39. The molecule has 0 spiro atoms. The van der Waals surface area contributed by atoms with Crippen molar-refractivity contribution in [3.05, 3.63) is 40.8 Å². The van der Waals surface area contributed by atoms with E-state index in [1.165, 1.54) is 0 Å². The van der Waals surface area contributed by atoms with Gasteiger partial charge in [0, 0.05) is 5.56 Å². The lowest BCUT2D eigenvalue weighted by Gasteiger charge is -1.97. The fourth-order valence-electron chi connectivity index (χ4n) is 0.872. The van der Waals surface area contributed by atoms with Gasteiger partial charge in [-0.3, -0.25) is 0 Å². The van der Waals surface area contributed by atoms with Crippen molar-refractivity contribution in [3.8, 4) is 0 Å². The van der Waals surface area contributed by atoms with Crippen LogP contribution in [-0.2, 0) is 0 Å². The van der Waals surface area contributed by atoms with E-state index < -0.39 is 0 Å². The molecule has 12 heavy (non-hydrogen) atoms. The van der Waals surface area contributed by atoms with E-state index in [1.807, 2.05) is 6.07 Å². The summed E-state index contributed by atoms with van der Waals surface area (Å²) in [7, 11) is 0. The lowest BCUT2D eigenvalue weighted by Crippen LogP contribution is -2.04. The van der Waals surface area contributed by atoms with Crippen LogP contribution < -0.4 is 0 Å². The van der Waals surface area contributed by atoms with Gasteiger partial charge in [-0.05, 0) is 0 Å². The zero-order chi connectivity index (χ0) is 8.81. The first-order valence-corrected chi connectivity index (χ1v) is 3.44. The number of hydrogen-bond donors (Lipinski definition) is 1. The summed E-state index contributed by atoms with van der Waals surface area (Å²) < 4.78 is 0. The quantitative estimate of drug-likeness (QED) is 0.319. The molecule has 0 saturated carbocycles. The highest BCUT2D eigenvalue weighted by atomic mass is 16.4. The highest BCUT2D eigenvalue weighted by Gasteiger charge is 2.01. The van der Waals surface area contributed by atoms with Crippen molar-refractivity contribution in [2.75, 3.05) is 6.54 Å². The van der Waals surface area contributed by atoms with E-state index in [4.69, 9.17) is 5.21 Å². The Morgan fingerprint density at radius 3 is 2.50 bits per heavy atom. The molecule has 0 unspecified atom stereocenters. The Morgan fingerprint density at radius 2 is 2.00 bits per heavy atom. The molecule has 0 amide bonds. The maximum Gasteiger partial charge on any atom is 0.127 e. The zero-order valence-electron chi connectivity index (χ0n) is 6.34. The molecule has 62 valence electrons. The Bertz CT molecular complexity index is 282. The van der Waals surface area contributed by atoms with E-state index in [-0.39, 0.29) is 12.3 Å². The summed E-state index contributed by atoms with van der Waals surface area (Å²) in [6.07, 6.45) is 0. The van der Waals surface area contributed by atoms with Crippen molar-refractivity contribution in [1.82, 2.24) is 0 Å². The van der Waals surface area contributed by atoms with E-state index in [0.29, 0.717) is 5.56 Å². The third-order valence-corrected chi connectivity index (χ3v) is 1.44. The lowest BCUT2D eigenvalue weighted by atomic mass is 10.1. The summed E-state index contributed by atoms with van der Waals surface area (Å²) in [6.45, 7) is -0.111. The Labute approximate surface area is 69.5 Å². The van der Waals surface area contributed by atoms with Gasteiger partial charge >= 0.3 is 0 Å². The average molecular weight is 164 g/mol. The fraction of sp³-hybridized carbons (Fsp3) is 0.125. The Morgan fingerprint density at radius 1 is 1.33 bits per heavy atom. The molecule has 0 aliphatic rings. The molecule has 0 bridgehead atoms. The SMILES string of the molecule is O=NC/C(=N\O)c1ccccc1. The molecule has 0 aromatic heterocycles. The molecular weight excluding hydrogens is 156 g/mol. The van der Waals surface area contributed by atoms with E-state index in [9.17, 15) is 4.91 Å². The molecule has 4 heteroatoms. The minimum Gasteiger partial charge on any atom is -0.411 e. The van der Waals surface area contributed by atoms with Gasteiger partial charge in [-0.25, -0.2) is 0 Å². The normalized spacial score (nSPS) is 11.2. The molecule has 1 N–H and O–H groups in total. The first-order chi connectivity index (χ1) is 5.88. The molecule has 1 aromatic rings. The molecule has 4 nitrogen and oxygen atoms in total.